The van der Waals surface area contributed by atoms with Crippen LogP contribution >= 0.6 is 34.7 Å². The summed E-state index contributed by atoms with van der Waals surface area (Å²) in [5, 5.41) is 10.8. The van der Waals surface area contributed by atoms with Gasteiger partial charge < -0.3 is 0 Å². The van der Waals surface area contributed by atoms with Crippen molar-refractivity contribution in [1.82, 2.24) is 10.2 Å². The van der Waals surface area contributed by atoms with Crippen molar-refractivity contribution in [3.63, 3.8) is 0 Å². The third-order valence-electron chi connectivity index (χ3n) is 2.86. The molecule has 0 bridgehead atoms. The zero-order chi connectivity index (χ0) is 17.2. The highest BCUT2D eigenvalue weighted by molar-refractivity contribution is 8.00. The van der Waals surface area contributed by atoms with Crippen LogP contribution in [0.25, 0.3) is 0 Å². The van der Waals surface area contributed by atoms with Crippen molar-refractivity contribution in [3.8, 4) is 0 Å². The van der Waals surface area contributed by atoms with Gasteiger partial charge in [0.15, 0.2) is 4.34 Å². The van der Waals surface area contributed by atoms with Crippen LogP contribution in [-0.4, -0.2) is 44.1 Å². The maximum atomic E-state index is 12.2. The minimum absolute atomic E-state index is 0.144. The Morgan fingerprint density at radius 2 is 2.09 bits per heavy atom. The fraction of sp³-hybridized carbons (Fsp3) is 0.250. The molecule has 0 unspecified atom stereocenters. The van der Waals surface area contributed by atoms with Gasteiger partial charge in [-0.2, -0.15) is 0 Å². The highest BCUT2D eigenvalue weighted by atomic mass is 35.5. The first-order valence-corrected chi connectivity index (χ1v) is 10.4. The number of sulfonamides is 1. The van der Waals surface area contributed by atoms with Crippen LogP contribution < -0.4 is 9.62 Å². The maximum Gasteiger partial charge on any atom is 0.259 e. The molecule has 23 heavy (non-hydrogen) atoms. The molecule has 1 N–H and O–H groups in total. The summed E-state index contributed by atoms with van der Waals surface area (Å²) in [6, 6.07) is 4.39. The van der Waals surface area contributed by atoms with Gasteiger partial charge in [0.1, 0.15) is 0 Å². The molecule has 0 fully saturated rings. The second-order valence-electron chi connectivity index (χ2n) is 4.43. The van der Waals surface area contributed by atoms with Gasteiger partial charge in [-0.05, 0) is 24.5 Å². The zero-order valence-electron chi connectivity index (χ0n) is 12.4. The Morgan fingerprint density at radius 3 is 2.61 bits per heavy atom. The van der Waals surface area contributed by atoms with Gasteiger partial charge in [-0.1, -0.05) is 34.7 Å². The lowest BCUT2D eigenvalue weighted by molar-refractivity contribution is 0.102. The fourth-order valence-corrected chi connectivity index (χ4v) is 3.50. The molecular weight excluding hydrogens is 380 g/mol. The van der Waals surface area contributed by atoms with Gasteiger partial charge >= 0.3 is 0 Å². The van der Waals surface area contributed by atoms with Gasteiger partial charge in [0, 0.05) is 7.05 Å². The number of aromatic nitrogens is 2. The molecule has 0 aliphatic carbocycles. The van der Waals surface area contributed by atoms with E-state index in [1.54, 1.807) is 0 Å². The smallest absolute Gasteiger partial charge is 0.259 e. The summed E-state index contributed by atoms with van der Waals surface area (Å²) in [6.07, 6.45) is 2.94. The normalized spacial score (nSPS) is 11.3. The Balaban J connectivity index is 2.21. The summed E-state index contributed by atoms with van der Waals surface area (Å²) in [7, 11) is -1.99. The van der Waals surface area contributed by atoms with E-state index in [9.17, 15) is 13.2 Å². The van der Waals surface area contributed by atoms with Crippen molar-refractivity contribution in [1.29, 1.82) is 0 Å². The molecule has 1 heterocycles. The van der Waals surface area contributed by atoms with Crippen LogP contribution in [0.4, 0.5) is 10.8 Å². The van der Waals surface area contributed by atoms with E-state index < -0.39 is 15.9 Å². The first kappa shape index (κ1) is 18.0. The first-order chi connectivity index (χ1) is 10.7. The number of rotatable bonds is 5. The van der Waals surface area contributed by atoms with Crippen molar-refractivity contribution in [2.24, 2.45) is 0 Å². The Labute approximate surface area is 147 Å². The predicted molar refractivity (Wildman–Crippen MR) is 94.3 cm³/mol. The summed E-state index contributed by atoms with van der Waals surface area (Å²) in [5.41, 5.74) is 0.591. The molecule has 2 aromatic rings. The number of nitrogens with one attached hydrogen (secondary N) is 1. The van der Waals surface area contributed by atoms with E-state index in [1.807, 2.05) is 6.26 Å². The van der Waals surface area contributed by atoms with Crippen LogP contribution in [0.2, 0.25) is 5.02 Å². The van der Waals surface area contributed by atoms with E-state index >= 15 is 0 Å². The highest BCUT2D eigenvalue weighted by Crippen LogP contribution is 2.27. The monoisotopic (exact) mass is 392 g/mol. The molecule has 0 saturated carbocycles. The minimum Gasteiger partial charge on any atom is -0.296 e. The van der Waals surface area contributed by atoms with Gasteiger partial charge in [-0.25, -0.2) is 8.42 Å². The van der Waals surface area contributed by atoms with Gasteiger partial charge in [-0.15, -0.1) is 10.2 Å². The van der Waals surface area contributed by atoms with E-state index in [-0.39, 0.29) is 10.6 Å². The second kappa shape index (κ2) is 7.04. The first-order valence-electron chi connectivity index (χ1n) is 6.14. The van der Waals surface area contributed by atoms with E-state index in [1.165, 1.54) is 48.3 Å². The van der Waals surface area contributed by atoms with Crippen LogP contribution in [0.15, 0.2) is 22.5 Å². The number of hydrogen-bond acceptors (Lipinski definition) is 7. The van der Waals surface area contributed by atoms with Crippen molar-refractivity contribution < 1.29 is 13.2 Å². The molecule has 0 saturated heterocycles. The van der Waals surface area contributed by atoms with E-state index in [0.29, 0.717) is 10.8 Å². The van der Waals surface area contributed by atoms with Crippen molar-refractivity contribution in [2.75, 3.05) is 29.2 Å². The summed E-state index contributed by atoms with van der Waals surface area (Å²) in [4.78, 5) is 12.2. The van der Waals surface area contributed by atoms with E-state index in [2.05, 4.69) is 15.5 Å². The number of amides is 1. The quantitative estimate of drug-likeness (QED) is 0.621. The van der Waals surface area contributed by atoms with Crippen LogP contribution in [0, 0.1) is 0 Å². The number of carbonyl (C=O) groups excluding carboxylic acids is 1. The third-order valence-corrected chi connectivity index (χ3v) is 6.19. The average Bonchev–Trinajstić information content (AvgIpc) is 2.92. The number of thioether (sulfide) groups is 1. The molecule has 0 radical (unpaired) electrons. The highest BCUT2D eigenvalue weighted by Gasteiger charge is 2.17. The predicted octanol–water partition coefficient (Wildman–Crippen LogP) is 2.56. The van der Waals surface area contributed by atoms with Gasteiger partial charge in [0.05, 0.1) is 22.5 Å². The topological polar surface area (TPSA) is 92.3 Å². The fourth-order valence-electron chi connectivity index (χ4n) is 1.58. The molecule has 1 aromatic carbocycles. The molecule has 1 amide bonds. The zero-order valence-corrected chi connectivity index (χ0v) is 15.6. The third kappa shape index (κ3) is 4.34. The average molecular weight is 393 g/mol. The molecule has 124 valence electrons. The summed E-state index contributed by atoms with van der Waals surface area (Å²) >= 11 is 8.78. The Bertz CT molecular complexity index is 838. The lowest BCUT2D eigenvalue weighted by Gasteiger charge is -2.17. The number of anilines is 2. The Hall–Kier alpha value is -1.36. The van der Waals surface area contributed by atoms with E-state index in [0.717, 1.165) is 14.9 Å². The lowest BCUT2D eigenvalue weighted by atomic mass is 10.2. The number of hydrogen-bond donors (Lipinski definition) is 1. The summed E-state index contributed by atoms with van der Waals surface area (Å²) in [5.74, 6) is -0.438. The minimum atomic E-state index is -3.40. The SMILES string of the molecule is CSc1nnc(NC(=O)c2ccc(N(C)S(C)(=O)=O)cc2Cl)s1. The molecule has 11 heteroatoms. The molecule has 7 nitrogen and oxygen atoms in total. The Morgan fingerprint density at radius 1 is 1.39 bits per heavy atom. The molecular formula is C12H13ClN4O3S3. The van der Waals surface area contributed by atoms with Gasteiger partial charge in [-0.3, -0.25) is 14.4 Å². The maximum absolute atomic E-state index is 12.2. The standard InChI is InChI=1S/C12H13ClN4O3S3/c1-17(23(3,19)20)7-4-5-8(9(13)6-7)10(18)14-11-15-16-12(21-2)22-11/h4-6H,1-3H3,(H,14,15,18). The summed E-state index contributed by atoms with van der Waals surface area (Å²) in [6.45, 7) is 0. The van der Waals surface area contributed by atoms with Crippen molar-refractivity contribution >= 4 is 61.4 Å². The Kier molecular flexibility index (Phi) is 5.50. The number of nitrogens with zero attached hydrogens (tertiary/aromatic N) is 3. The van der Waals surface area contributed by atoms with Crippen molar-refractivity contribution in [3.05, 3.63) is 28.8 Å². The summed E-state index contributed by atoms with van der Waals surface area (Å²) < 4.78 is 24.9. The molecule has 0 aliphatic heterocycles. The van der Waals surface area contributed by atoms with Crippen LogP contribution in [0.5, 0.6) is 0 Å². The lowest BCUT2D eigenvalue weighted by Crippen LogP contribution is -2.25. The molecule has 0 aliphatic rings. The second-order valence-corrected chi connectivity index (χ2v) is 8.88. The van der Waals surface area contributed by atoms with Gasteiger partial charge in [0.2, 0.25) is 15.2 Å². The number of carbonyl (C=O) groups is 1. The molecule has 2 rings (SSSR count). The van der Waals surface area contributed by atoms with E-state index in [4.69, 9.17) is 11.6 Å². The molecule has 0 atom stereocenters. The van der Waals surface area contributed by atoms with Gasteiger partial charge in [0.25, 0.3) is 5.91 Å². The largest absolute Gasteiger partial charge is 0.296 e. The number of halogens is 1. The van der Waals surface area contributed by atoms with Crippen molar-refractivity contribution in [2.45, 2.75) is 4.34 Å². The number of benzene rings is 1. The molecule has 1 aromatic heterocycles. The van der Waals surface area contributed by atoms with Crippen LogP contribution in [0.1, 0.15) is 10.4 Å². The van der Waals surface area contributed by atoms with Crippen LogP contribution in [0.3, 0.4) is 0 Å². The van der Waals surface area contributed by atoms with Crippen LogP contribution in [-0.2, 0) is 10.0 Å². The molecule has 0 spiro atoms.